The summed E-state index contributed by atoms with van der Waals surface area (Å²) in [7, 11) is 3.52. The fourth-order valence-corrected chi connectivity index (χ4v) is 3.70. The molecule has 2 aliphatic heterocycles. The SMILES string of the molecule is CN(C)C(=O)N1CCC(C(=O)N2CCCc3c(N)cccc32)CC1. The van der Waals surface area contributed by atoms with Crippen LogP contribution < -0.4 is 10.6 Å². The molecule has 2 N–H and O–H groups in total. The van der Waals surface area contributed by atoms with Crippen molar-refractivity contribution in [2.45, 2.75) is 25.7 Å². The van der Waals surface area contributed by atoms with Crippen LogP contribution in [0, 0.1) is 5.92 Å². The van der Waals surface area contributed by atoms with Crippen LogP contribution in [0.25, 0.3) is 0 Å². The number of urea groups is 1. The molecule has 1 aromatic rings. The quantitative estimate of drug-likeness (QED) is 0.800. The van der Waals surface area contributed by atoms with Crippen LogP contribution in [0.2, 0.25) is 0 Å². The maximum Gasteiger partial charge on any atom is 0.319 e. The van der Waals surface area contributed by atoms with Gasteiger partial charge in [-0.25, -0.2) is 4.79 Å². The van der Waals surface area contributed by atoms with Gasteiger partial charge in [0.1, 0.15) is 0 Å². The third kappa shape index (κ3) is 3.05. The summed E-state index contributed by atoms with van der Waals surface area (Å²) in [4.78, 5) is 30.3. The van der Waals surface area contributed by atoms with Crippen LogP contribution >= 0.6 is 0 Å². The van der Waals surface area contributed by atoms with Gasteiger partial charge in [0.2, 0.25) is 5.91 Å². The zero-order valence-electron chi connectivity index (χ0n) is 14.5. The standard InChI is InChI=1S/C18H26N4O2/c1-20(2)18(24)21-11-8-13(9-12-21)17(23)22-10-4-5-14-15(19)6-3-7-16(14)22/h3,6-7,13H,4-5,8-12,19H2,1-2H3. The molecule has 3 amide bonds. The Bertz CT molecular complexity index is 636. The molecule has 6 heteroatoms. The number of nitrogens with two attached hydrogens (primary N) is 1. The topological polar surface area (TPSA) is 69.9 Å². The Morgan fingerprint density at radius 1 is 1.17 bits per heavy atom. The van der Waals surface area contributed by atoms with Gasteiger partial charge in [-0.15, -0.1) is 0 Å². The van der Waals surface area contributed by atoms with Crippen molar-refractivity contribution >= 4 is 23.3 Å². The van der Waals surface area contributed by atoms with E-state index < -0.39 is 0 Å². The molecular weight excluding hydrogens is 304 g/mol. The van der Waals surface area contributed by atoms with Gasteiger partial charge in [-0.1, -0.05) is 6.07 Å². The number of carbonyl (C=O) groups is 2. The van der Waals surface area contributed by atoms with Gasteiger partial charge in [-0.3, -0.25) is 4.79 Å². The van der Waals surface area contributed by atoms with E-state index >= 15 is 0 Å². The van der Waals surface area contributed by atoms with Crippen molar-refractivity contribution in [1.82, 2.24) is 9.80 Å². The molecule has 0 spiro atoms. The van der Waals surface area contributed by atoms with Gasteiger partial charge in [0.15, 0.2) is 0 Å². The third-order valence-corrected chi connectivity index (χ3v) is 5.05. The molecule has 6 nitrogen and oxygen atoms in total. The molecule has 0 radical (unpaired) electrons. The summed E-state index contributed by atoms with van der Waals surface area (Å²) in [6, 6.07) is 5.83. The second kappa shape index (κ2) is 6.71. The number of benzene rings is 1. The van der Waals surface area contributed by atoms with Gasteiger partial charge in [0, 0.05) is 51.0 Å². The molecule has 3 rings (SSSR count). The molecule has 0 aliphatic carbocycles. The Hall–Kier alpha value is -2.24. The summed E-state index contributed by atoms with van der Waals surface area (Å²) in [5.41, 5.74) is 8.91. The van der Waals surface area contributed by atoms with E-state index in [0.29, 0.717) is 13.1 Å². The van der Waals surface area contributed by atoms with Crippen molar-refractivity contribution in [2.24, 2.45) is 5.92 Å². The van der Waals surface area contributed by atoms with Crippen molar-refractivity contribution in [3.8, 4) is 0 Å². The number of nitrogen functional groups attached to an aromatic ring is 1. The maximum atomic E-state index is 13.0. The molecule has 1 saturated heterocycles. The molecule has 2 heterocycles. The summed E-state index contributed by atoms with van der Waals surface area (Å²) in [5, 5.41) is 0. The molecule has 24 heavy (non-hydrogen) atoms. The molecule has 130 valence electrons. The first-order chi connectivity index (χ1) is 11.5. The van der Waals surface area contributed by atoms with E-state index in [1.165, 1.54) is 0 Å². The molecule has 2 aliphatic rings. The summed E-state index contributed by atoms with van der Waals surface area (Å²) >= 11 is 0. The number of rotatable bonds is 1. The molecule has 1 aromatic carbocycles. The van der Waals surface area contributed by atoms with Crippen LogP contribution in [0.1, 0.15) is 24.8 Å². The molecule has 0 saturated carbocycles. The summed E-state index contributed by atoms with van der Waals surface area (Å²) in [5.74, 6) is 0.169. The van der Waals surface area contributed by atoms with E-state index in [0.717, 1.165) is 49.2 Å². The molecule has 0 unspecified atom stereocenters. The molecule has 0 atom stereocenters. The minimum absolute atomic E-state index is 0.0106. The van der Waals surface area contributed by atoms with Crippen LogP contribution in [0.4, 0.5) is 16.2 Å². The fraction of sp³-hybridized carbons (Fsp3) is 0.556. The van der Waals surface area contributed by atoms with E-state index in [1.54, 1.807) is 19.0 Å². The highest BCUT2D eigenvalue weighted by Crippen LogP contribution is 2.33. The van der Waals surface area contributed by atoms with Crippen LogP contribution in [-0.2, 0) is 11.2 Å². The van der Waals surface area contributed by atoms with Crippen LogP contribution in [0.15, 0.2) is 18.2 Å². The number of carbonyl (C=O) groups excluding carboxylic acids is 2. The number of amides is 3. The van der Waals surface area contributed by atoms with Gasteiger partial charge in [0.05, 0.1) is 0 Å². The number of hydrogen-bond donors (Lipinski definition) is 1. The number of anilines is 2. The number of hydrogen-bond acceptors (Lipinski definition) is 3. The van der Waals surface area contributed by atoms with E-state index in [-0.39, 0.29) is 17.9 Å². The Labute approximate surface area is 143 Å². The van der Waals surface area contributed by atoms with E-state index in [2.05, 4.69) is 0 Å². The number of likely N-dealkylation sites (tertiary alicyclic amines) is 1. The van der Waals surface area contributed by atoms with Gasteiger partial charge in [0.25, 0.3) is 0 Å². The summed E-state index contributed by atoms with van der Waals surface area (Å²) in [6.07, 6.45) is 3.34. The van der Waals surface area contributed by atoms with Crippen LogP contribution in [0.3, 0.4) is 0 Å². The summed E-state index contributed by atoms with van der Waals surface area (Å²) in [6.45, 7) is 2.04. The van der Waals surface area contributed by atoms with Crippen LogP contribution in [-0.4, -0.2) is 55.5 Å². The van der Waals surface area contributed by atoms with Gasteiger partial charge in [-0.2, -0.15) is 0 Å². The maximum absolute atomic E-state index is 13.0. The minimum Gasteiger partial charge on any atom is -0.398 e. The normalized spacial score (nSPS) is 18.2. The molecular formula is C18H26N4O2. The lowest BCUT2D eigenvalue weighted by Crippen LogP contribution is -2.48. The number of piperidine rings is 1. The predicted molar refractivity (Wildman–Crippen MR) is 94.9 cm³/mol. The lowest BCUT2D eigenvalue weighted by molar-refractivity contribution is -0.123. The lowest BCUT2D eigenvalue weighted by atomic mass is 9.93. The Balaban J connectivity index is 1.69. The minimum atomic E-state index is -0.0106. The zero-order chi connectivity index (χ0) is 17.3. The van der Waals surface area contributed by atoms with Crippen molar-refractivity contribution in [3.05, 3.63) is 23.8 Å². The van der Waals surface area contributed by atoms with Gasteiger partial charge >= 0.3 is 6.03 Å². The second-order valence-electron chi connectivity index (χ2n) is 6.88. The van der Waals surface area contributed by atoms with Gasteiger partial charge in [-0.05, 0) is 43.4 Å². The Kier molecular flexibility index (Phi) is 4.64. The largest absolute Gasteiger partial charge is 0.398 e. The van der Waals surface area contributed by atoms with E-state index in [4.69, 9.17) is 5.73 Å². The highest BCUT2D eigenvalue weighted by atomic mass is 16.2. The monoisotopic (exact) mass is 330 g/mol. The van der Waals surface area contributed by atoms with Crippen molar-refractivity contribution in [3.63, 3.8) is 0 Å². The average Bonchev–Trinajstić information content (AvgIpc) is 2.60. The van der Waals surface area contributed by atoms with Gasteiger partial charge < -0.3 is 20.4 Å². The smallest absolute Gasteiger partial charge is 0.319 e. The van der Waals surface area contributed by atoms with Crippen molar-refractivity contribution in [1.29, 1.82) is 0 Å². The Morgan fingerprint density at radius 3 is 2.54 bits per heavy atom. The summed E-state index contributed by atoms with van der Waals surface area (Å²) < 4.78 is 0. The van der Waals surface area contributed by atoms with E-state index in [1.807, 2.05) is 28.0 Å². The predicted octanol–water partition coefficient (Wildman–Crippen LogP) is 1.94. The van der Waals surface area contributed by atoms with Crippen LogP contribution in [0.5, 0.6) is 0 Å². The van der Waals surface area contributed by atoms with Crippen molar-refractivity contribution in [2.75, 3.05) is 44.4 Å². The Morgan fingerprint density at radius 2 is 1.88 bits per heavy atom. The lowest BCUT2D eigenvalue weighted by Gasteiger charge is -2.37. The third-order valence-electron chi connectivity index (χ3n) is 5.05. The average molecular weight is 330 g/mol. The highest BCUT2D eigenvalue weighted by Gasteiger charge is 2.33. The van der Waals surface area contributed by atoms with E-state index in [9.17, 15) is 9.59 Å². The number of nitrogens with zero attached hydrogens (tertiary/aromatic N) is 3. The molecule has 0 bridgehead atoms. The number of fused-ring (bicyclic) bond motifs is 1. The first-order valence-corrected chi connectivity index (χ1v) is 8.64. The first-order valence-electron chi connectivity index (χ1n) is 8.64. The molecule has 0 aromatic heterocycles. The highest BCUT2D eigenvalue weighted by molar-refractivity contribution is 5.97. The molecule has 1 fully saturated rings. The first kappa shape index (κ1) is 16.6. The second-order valence-corrected chi connectivity index (χ2v) is 6.88. The fourth-order valence-electron chi connectivity index (χ4n) is 3.70. The van der Waals surface area contributed by atoms with Crippen molar-refractivity contribution < 1.29 is 9.59 Å². The zero-order valence-corrected chi connectivity index (χ0v) is 14.5.